The number of carbonyl (C=O) groups excluding carboxylic acids is 1. The van der Waals surface area contributed by atoms with Gasteiger partial charge in [0.15, 0.2) is 0 Å². The van der Waals surface area contributed by atoms with Crippen molar-refractivity contribution in [2.75, 3.05) is 37.3 Å². The number of fused-ring (bicyclic) bond motifs is 2. The number of carbonyl (C=O) groups is 1. The van der Waals surface area contributed by atoms with Crippen molar-refractivity contribution in [3.05, 3.63) is 29.8 Å². The van der Waals surface area contributed by atoms with Crippen LogP contribution in [0.5, 0.6) is 0 Å². The van der Waals surface area contributed by atoms with E-state index in [-0.39, 0.29) is 12.1 Å². The van der Waals surface area contributed by atoms with Crippen molar-refractivity contribution in [3.63, 3.8) is 0 Å². The molecular weight excluding hydrogens is 500 g/mol. The number of anilines is 1. The van der Waals surface area contributed by atoms with Crippen molar-refractivity contribution in [1.29, 1.82) is 0 Å². The Morgan fingerprint density at radius 1 is 0.921 bits per heavy atom. The number of urea groups is 1. The highest BCUT2D eigenvalue weighted by Crippen LogP contribution is 2.56. The van der Waals surface area contributed by atoms with E-state index in [1.54, 1.807) is 4.31 Å². The normalized spacial score (nSPS) is 40.5. The maximum Gasteiger partial charge on any atom is 0.318 e. The SMILES string of the molecule is CS(=O)(=O)N1CCN(c2ccc(C3CC4CCC(C3)N4C(=O)NC3C4CC5CC3CC(O)(C5)C4)cc2)CC1. The molecule has 4 saturated carbocycles. The fourth-order valence-corrected chi connectivity index (χ4v) is 10.3. The monoisotopic (exact) mass is 542 g/mol. The van der Waals surface area contributed by atoms with Crippen LogP contribution in [0.4, 0.5) is 10.5 Å². The summed E-state index contributed by atoms with van der Waals surface area (Å²) < 4.78 is 25.2. The number of nitrogens with zero attached hydrogens (tertiary/aromatic N) is 3. The number of hydrogen-bond donors (Lipinski definition) is 2. The molecular formula is C29H42N4O4S. The van der Waals surface area contributed by atoms with E-state index in [2.05, 4.69) is 39.4 Å². The lowest BCUT2D eigenvalue weighted by Crippen LogP contribution is -2.63. The molecule has 0 aromatic heterocycles. The maximum absolute atomic E-state index is 13.6. The Labute approximate surface area is 226 Å². The van der Waals surface area contributed by atoms with Crippen LogP contribution >= 0.6 is 0 Å². The van der Waals surface area contributed by atoms with E-state index in [1.165, 1.54) is 24.7 Å². The van der Waals surface area contributed by atoms with E-state index < -0.39 is 15.6 Å². The standard InChI is InChI=1S/C29H42N4O4S/c1-38(36,37)32-10-8-31(9-11-32)24-4-2-20(3-5-24)21-14-25-6-7-26(15-21)33(25)28(34)30-27-22-12-19-13-23(27)18-29(35,16-19)17-22/h2-5,19,21-23,25-27,35H,6-18H2,1H3,(H,30,34). The van der Waals surface area contributed by atoms with Gasteiger partial charge in [-0.3, -0.25) is 0 Å². The van der Waals surface area contributed by atoms with Gasteiger partial charge in [0, 0.05) is 50.0 Å². The van der Waals surface area contributed by atoms with Gasteiger partial charge < -0.3 is 20.2 Å². The molecule has 38 heavy (non-hydrogen) atoms. The summed E-state index contributed by atoms with van der Waals surface area (Å²) in [5.41, 5.74) is 2.05. The maximum atomic E-state index is 13.6. The van der Waals surface area contributed by atoms with Crippen LogP contribution in [0, 0.1) is 17.8 Å². The van der Waals surface area contributed by atoms with Gasteiger partial charge in [-0.05, 0) is 99.2 Å². The van der Waals surface area contributed by atoms with Gasteiger partial charge in [0.1, 0.15) is 0 Å². The summed E-state index contributed by atoms with van der Waals surface area (Å²) >= 11 is 0. The van der Waals surface area contributed by atoms with Crippen LogP contribution in [-0.2, 0) is 10.0 Å². The van der Waals surface area contributed by atoms with Crippen LogP contribution in [0.15, 0.2) is 24.3 Å². The summed E-state index contributed by atoms with van der Waals surface area (Å²) in [6.45, 7) is 2.50. The van der Waals surface area contributed by atoms with E-state index in [0.717, 1.165) is 50.6 Å². The third kappa shape index (κ3) is 4.42. The quantitative estimate of drug-likeness (QED) is 0.610. The average Bonchev–Trinajstić information content (AvgIpc) is 3.14. The first-order valence-corrected chi connectivity index (χ1v) is 16.6. The Morgan fingerprint density at radius 2 is 1.53 bits per heavy atom. The molecule has 1 aromatic carbocycles. The topological polar surface area (TPSA) is 93.2 Å². The minimum Gasteiger partial charge on any atom is -0.390 e. The van der Waals surface area contributed by atoms with Gasteiger partial charge in [-0.25, -0.2) is 13.2 Å². The average molecular weight is 543 g/mol. The van der Waals surface area contributed by atoms with Gasteiger partial charge in [-0.1, -0.05) is 12.1 Å². The Balaban J connectivity index is 0.969. The van der Waals surface area contributed by atoms with Gasteiger partial charge in [-0.15, -0.1) is 0 Å². The highest BCUT2D eigenvalue weighted by molar-refractivity contribution is 7.88. The number of piperazine rings is 1. The predicted molar refractivity (Wildman–Crippen MR) is 147 cm³/mol. The van der Waals surface area contributed by atoms with E-state index in [9.17, 15) is 18.3 Å². The fraction of sp³-hybridized carbons (Fsp3) is 0.759. The minimum absolute atomic E-state index is 0.143. The second kappa shape index (κ2) is 9.10. The molecule has 3 heterocycles. The molecule has 2 amide bonds. The van der Waals surface area contributed by atoms with Gasteiger partial charge in [0.2, 0.25) is 10.0 Å². The van der Waals surface area contributed by atoms with E-state index in [0.29, 0.717) is 61.9 Å². The number of aliphatic hydroxyl groups is 1. The number of rotatable bonds is 4. The Bertz CT molecular complexity index is 1150. The molecule has 2 N–H and O–H groups in total. The lowest BCUT2D eigenvalue weighted by Gasteiger charge is -2.58. The minimum atomic E-state index is -3.12. The van der Waals surface area contributed by atoms with E-state index >= 15 is 0 Å². The van der Waals surface area contributed by atoms with Crippen molar-refractivity contribution in [2.45, 2.75) is 87.4 Å². The summed E-state index contributed by atoms with van der Waals surface area (Å²) in [6, 6.07) is 9.87. The predicted octanol–water partition coefficient (Wildman–Crippen LogP) is 3.13. The van der Waals surface area contributed by atoms with E-state index in [1.807, 2.05) is 0 Å². The Morgan fingerprint density at radius 3 is 2.08 bits per heavy atom. The lowest BCUT2D eigenvalue weighted by molar-refractivity contribution is -0.137. The summed E-state index contributed by atoms with van der Waals surface area (Å²) in [5.74, 6) is 2.01. The number of amides is 2. The summed E-state index contributed by atoms with van der Waals surface area (Å²) in [7, 11) is -3.12. The van der Waals surface area contributed by atoms with Gasteiger partial charge >= 0.3 is 6.03 Å². The van der Waals surface area contributed by atoms with Crippen LogP contribution < -0.4 is 10.2 Å². The number of benzene rings is 1. The molecule has 7 aliphatic rings. The largest absolute Gasteiger partial charge is 0.390 e. The highest BCUT2D eigenvalue weighted by Gasteiger charge is 2.55. The lowest BCUT2D eigenvalue weighted by atomic mass is 9.52. The third-order valence-electron chi connectivity index (χ3n) is 10.9. The van der Waals surface area contributed by atoms with Crippen molar-refractivity contribution in [1.82, 2.24) is 14.5 Å². The Hall–Kier alpha value is -1.84. The zero-order chi connectivity index (χ0) is 26.2. The molecule has 0 radical (unpaired) electrons. The first kappa shape index (κ1) is 25.1. The second-order valence-corrected chi connectivity index (χ2v) is 15.4. The third-order valence-corrected chi connectivity index (χ3v) is 12.2. The fourth-order valence-electron chi connectivity index (χ4n) is 9.45. The molecule has 1 aromatic rings. The van der Waals surface area contributed by atoms with Gasteiger partial charge in [0.25, 0.3) is 0 Å². The molecule has 208 valence electrons. The molecule has 9 heteroatoms. The summed E-state index contributed by atoms with van der Waals surface area (Å²) in [5, 5.41) is 14.4. The molecule has 4 unspecified atom stereocenters. The molecule has 7 fully saturated rings. The molecule has 8 rings (SSSR count). The zero-order valence-electron chi connectivity index (χ0n) is 22.5. The Kier molecular flexibility index (Phi) is 6.02. The van der Waals surface area contributed by atoms with Gasteiger partial charge in [-0.2, -0.15) is 4.31 Å². The summed E-state index contributed by atoms with van der Waals surface area (Å²) in [4.78, 5) is 18.0. The number of hydrogen-bond acceptors (Lipinski definition) is 5. The number of sulfonamides is 1. The first-order valence-electron chi connectivity index (χ1n) is 14.8. The van der Waals surface area contributed by atoms with E-state index in [4.69, 9.17) is 0 Å². The molecule has 4 atom stereocenters. The molecule has 4 aliphatic carbocycles. The van der Waals surface area contributed by atoms with Crippen molar-refractivity contribution in [2.24, 2.45) is 17.8 Å². The van der Waals surface area contributed by atoms with Crippen LogP contribution in [-0.4, -0.2) is 84.9 Å². The molecule has 8 nitrogen and oxygen atoms in total. The van der Waals surface area contributed by atoms with Gasteiger partial charge in [0.05, 0.1) is 11.9 Å². The molecule has 3 aliphatic heterocycles. The highest BCUT2D eigenvalue weighted by atomic mass is 32.2. The van der Waals surface area contributed by atoms with Crippen LogP contribution in [0.2, 0.25) is 0 Å². The van der Waals surface area contributed by atoms with Crippen molar-refractivity contribution < 1.29 is 18.3 Å². The number of piperidine rings is 1. The first-order chi connectivity index (χ1) is 18.1. The van der Waals surface area contributed by atoms with Crippen molar-refractivity contribution >= 4 is 21.7 Å². The number of nitrogens with one attached hydrogen (secondary N) is 1. The van der Waals surface area contributed by atoms with Crippen LogP contribution in [0.25, 0.3) is 0 Å². The van der Waals surface area contributed by atoms with Crippen LogP contribution in [0.3, 0.4) is 0 Å². The van der Waals surface area contributed by atoms with Crippen LogP contribution in [0.1, 0.15) is 69.3 Å². The summed E-state index contributed by atoms with van der Waals surface area (Å²) in [6.07, 6.45) is 10.6. The molecule has 3 saturated heterocycles. The zero-order valence-corrected chi connectivity index (χ0v) is 23.3. The molecule has 0 spiro atoms. The van der Waals surface area contributed by atoms with Crippen molar-refractivity contribution in [3.8, 4) is 0 Å². The second-order valence-electron chi connectivity index (χ2n) is 13.4. The smallest absolute Gasteiger partial charge is 0.318 e. The molecule has 6 bridgehead atoms.